The summed E-state index contributed by atoms with van der Waals surface area (Å²) in [7, 11) is 0. The summed E-state index contributed by atoms with van der Waals surface area (Å²) >= 11 is 1.34. The third-order valence-corrected chi connectivity index (χ3v) is 6.29. The molecule has 0 saturated carbocycles. The lowest BCUT2D eigenvalue weighted by atomic mass is 10.1. The van der Waals surface area contributed by atoms with Gasteiger partial charge in [-0.15, -0.1) is 10.2 Å². The van der Waals surface area contributed by atoms with Gasteiger partial charge in [-0.3, -0.25) is 9.36 Å². The molecule has 4 aromatic rings. The van der Waals surface area contributed by atoms with Crippen LogP contribution in [0.3, 0.4) is 0 Å². The van der Waals surface area contributed by atoms with E-state index in [0.717, 1.165) is 17.0 Å². The normalized spacial score (nSPS) is 12.4. The first kappa shape index (κ1) is 22.0. The summed E-state index contributed by atoms with van der Waals surface area (Å²) in [6.45, 7) is 3.25. The van der Waals surface area contributed by atoms with E-state index < -0.39 is 0 Å². The molecule has 0 fully saturated rings. The zero-order valence-electron chi connectivity index (χ0n) is 18.6. The van der Waals surface area contributed by atoms with Crippen molar-refractivity contribution in [2.45, 2.75) is 18.7 Å². The molecule has 0 amide bonds. The standard InChI is InChI=1S/C26H23N3O4S/c1-18-7-5-6-10-22(18)33-16-25-27-28-26(29(25)20-8-3-2-4-9-20)34-17-21(30)19-11-12-23-24(15-19)32-14-13-31-23/h2-12,15H,13-14,16-17H2,1H3. The summed E-state index contributed by atoms with van der Waals surface area (Å²) in [4.78, 5) is 12.9. The highest BCUT2D eigenvalue weighted by molar-refractivity contribution is 7.99. The fraction of sp³-hybridized carbons (Fsp3) is 0.192. The number of carbonyl (C=O) groups excluding carboxylic acids is 1. The van der Waals surface area contributed by atoms with Gasteiger partial charge in [-0.25, -0.2) is 0 Å². The molecule has 0 bridgehead atoms. The number of ketones is 1. The van der Waals surface area contributed by atoms with Crippen molar-refractivity contribution in [2.75, 3.05) is 19.0 Å². The van der Waals surface area contributed by atoms with Crippen molar-refractivity contribution in [3.8, 4) is 22.9 Å². The van der Waals surface area contributed by atoms with Gasteiger partial charge in [0.15, 0.2) is 28.3 Å². The number of nitrogens with zero attached hydrogens (tertiary/aromatic N) is 3. The fourth-order valence-electron chi connectivity index (χ4n) is 3.61. The minimum absolute atomic E-state index is 0.0257. The van der Waals surface area contributed by atoms with Gasteiger partial charge < -0.3 is 14.2 Å². The molecular weight excluding hydrogens is 450 g/mol. The third-order valence-electron chi connectivity index (χ3n) is 5.36. The number of hydrogen-bond acceptors (Lipinski definition) is 7. The number of benzene rings is 3. The number of fused-ring (bicyclic) bond motifs is 1. The fourth-order valence-corrected chi connectivity index (χ4v) is 4.48. The quantitative estimate of drug-likeness (QED) is 0.266. The molecule has 1 aliphatic heterocycles. The number of aromatic nitrogens is 3. The van der Waals surface area contributed by atoms with E-state index in [0.29, 0.717) is 41.3 Å². The molecular formula is C26H23N3O4S. The second-order valence-electron chi connectivity index (χ2n) is 7.69. The van der Waals surface area contributed by atoms with Crippen molar-refractivity contribution in [3.63, 3.8) is 0 Å². The first-order chi connectivity index (χ1) is 16.7. The van der Waals surface area contributed by atoms with Gasteiger partial charge in [-0.05, 0) is 48.9 Å². The molecule has 0 atom stereocenters. The Morgan fingerprint density at radius 2 is 1.74 bits per heavy atom. The molecule has 7 nitrogen and oxygen atoms in total. The number of rotatable bonds is 8. The first-order valence-electron chi connectivity index (χ1n) is 10.9. The Kier molecular flexibility index (Phi) is 6.49. The van der Waals surface area contributed by atoms with Crippen LogP contribution in [-0.4, -0.2) is 39.5 Å². The predicted octanol–water partition coefficient (Wildman–Crippen LogP) is 4.90. The van der Waals surface area contributed by atoms with Crippen LogP contribution in [-0.2, 0) is 6.61 Å². The summed E-state index contributed by atoms with van der Waals surface area (Å²) in [5, 5.41) is 9.35. The van der Waals surface area contributed by atoms with Crippen molar-refractivity contribution in [3.05, 3.63) is 89.7 Å². The number of Topliss-reactive ketones (excluding diaryl/α,β-unsaturated/α-hetero) is 1. The first-order valence-corrected chi connectivity index (χ1v) is 11.9. The molecule has 5 rings (SSSR count). The van der Waals surface area contributed by atoms with Gasteiger partial charge in [0, 0.05) is 11.3 Å². The smallest absolute Gasteiger partial charge is 0.196 e. The lowest BCUT2D eigenvalue weighted by Gasteiger charge is -2.18. The highest BCUT2D eigenvalue weighted by Crippen LogP contribution is 2.32. The van der Waals surface area contributed by atoms with Crippen LogP contribution in [0.1, 0.15) is 21.7 Å². The average Bonchev–Trinajstić information content (AvgIpc) is 3.29. The van der Waals surface area contributed by atoms with Gasteiger partial charge in [0.1, 0.15) is 25.6 Å². The van der Waals surface area contributed by atoms with E-state index in [2.05, 4.69) is 10.2 Å². The maximum absolute atomic E-state index is 12.9. The van der Waals surface area contributed by atoms with Crippen LogP contribution in [0.25, 0.3) is 5.69 Å². The second kappa shape index (κ2) is 10.0. The van der Waals surface area contributed by atoms with Crippen LogP contribution in [0.5, 0.6) is 17.2 Å². The van der Waals surface area contributed by atoms with Crippen LogP contribution < -0.4 is 14.2 Å². The number of thioether (sulfide) groups is 1. The molecule has 34 heavy (non-hydrogen) atoms. The van der Waals surface area contributed by atoms with E-state index in [1.807, 2.05) is 66.1 Å². The highest BCUT2D eigenvalue weighted by atomic mass is 32.2. The van der Waals surface area contributed by atoms with Crippen LogP contribution in [0.4, 0.5) is 0 Å². The summed E-state index contributed by atoms with van der Waals surface area (Å²) in [5.74, 6) is 2.91. The molecule has 0 N–H and O–H groups in total. The van der Waals surface area contributed by atoms with E-state index in [1.54, 1.807) is 18.2 Å². The molecule has 1 aromatic heterocycles. The van der Waals surface area contributed by atoms with Gasteiger partial charge in [-0.2, -0.15) is 0 Å². The monoisotopic (exact) mass is 473 g/mol. The van der Waals surface area contributed by atoms with Crippen molar-refractivity contribution in [2.24, 2.45) is 0 Å². The minimum Gasteiger partial charge on any atom is -0.486 e. The van der Waals surface area contributed by atoms with Crippen LogP contribution in [0, 0.1) is 6.92 Å². The number of ether oxygens (including phenoxy) is 3. The molecule has 0 radical (unpaired) electrons. The minimum atomic E-state index is -0.0257. The SMILES string of the molecule is Cc1ccccc1OCc1nnc(SCC(=O)c2ccc3c(c2)OCCO3)n1-c1ccccc1. The van der Waals surface area contributed by atoms with Crippen LogP contribution in [0.15, 0.2) is 78.0 Å². The molecule has 0 spiro atoms. The lowest BCUT2D eigenvalue weighted by Crippen LogP contribution is -2.16. The maximum Gasteiger partial charge on any atom is 0.196 e. The molecule has 8 heteroatoms. The van der Waals surface area contributed by atoms with Crippen molar-refractivity contribution >= 4 is 17.5 Å². The summed E-state index contributed by atoms with van der Waals surface area (Å²) in [6.07, 6.45) is 0. The number of hydrogen-bond donors (Lipinski definition) is 0. The third kappa shape index (κ3) is 4.77. The maximum atomic E-state index is 12.9. The van der Waals surface area contributed by atoms with Crippen molar-refractivity contribution in [1.82, 2.24) is 14.8 Å². The Bertz CT molecular complexity index is 1310. The summed E-state index contributed by atoms with van der Waals surface area (Å²) in [5.41, 5.74) is 2.53. The number of para-hydroxylation sites is 2. The van der Waals surface area contributed by atoms with E-state index >= 15 is 0 Å². The Balaban J connectivity index is 1.35. The Labute approximate surface area is 201 Å². The molecule has 0 unspecified atom stereocenters. The molecule has 0 aliphatic carbocycles. The molecule has 3 aromatic carbocycles. The largest absolute Gasteiger partial charge is 0.486 e. The lowest BCUT2D eigenvalue weighted by molar-refractivity contribution is 0.102. The Hall–Kier alpha value is -3.78. The van der Waals surface area contributed by atoms with Crippen LogP contribution >= 0.6 is 11.8 Å². The van der Waals surface area contributed by atoms with Crippen molar-refractivity contribution < 1.29 is 19.0 Å². The Morgan fingerprint density at radius 1 is 0.971 bits per heavy atom. The van der Waals surface area contributed by atoms with Gasteiger partial charge in [-0.1, -0.05) is 48.2 Å². The number of carbonyl (C=O) groups is 1. The number of aryl methyl sites for hydroxylation is 1. The van der Waals surface area contributed by atoms with E-state index in [4.69, 9.17) is 14.2 Å². The zero-order valence-corrected chi connectivity index (χ0v) is 19.5. The Morgan fingerprint density at radius 3 is 2.56 bits per heavy atom. The molecule has 2 heterocycles. The molecule has 0 saturated heterocycles. The van der Waals surface area contributed by atoms with Gasteiger partial charge in [0.2, 0.25) is 0 Å². The summed E-state index contributed by atoms with van der Waals surface area (Å²) in [6, 6.07) is 22.9. The topological polar surface area (TPSA) is 75.5 Å². The van der Waals surface area contributed by atoms with Gasteiger partial charge >= 0.3 is 0 Å². The van der Waals surface area contributed by atoms with Crippen LogP contribution in [0.2, 0.25) is 0 Å². The molecule has 172 valence electrons. The van der Waals surface area contributed by atoms with Gasteiger partial charge in [0.25, 0.3) is 0 Å². The highest BCUT2D eigenvalue weighted by Gasteiger charge is 2.19. The van der Waals surface area contributed by atoms with Crippen molar-refractivity contribution in [1.29, 1.82) is 0 Å². The zero-order chi connectivity index (χ0) is 23.3. The van der Waals surface area contributed by atoms with E-state index in [1.165, 1.54) is 11.8 Å². The second-order valence-corrected chi connectivity index (χ2v) is 8.64. The van der Waals surface area contributed by atoms with E-state index in [9.17, 15) is 4.79 Å². The predicted molar refractivity (Wildman–Crippen MR) is 129 cm³/mol. The average molecular weight is 474 g/mol. The van der Waals surface area contributed by atoms with Gasteiger partial charge in [0.05, 0.1) is 5.75 Å². The van der Waals surface area contributed by atoms with E-state index in [-0.39, 0.29) is 18.1 Å². The molecule has 1 aliphatic rings. The summed E-state index contributed by atoms with van der Waals surface area (Å²) < 4.78 is 19.1.